The van der Waals surface area contributed by atoms with Crippen molar-refractivity contribution in [2.24, 2.45) is 0 Å². The number of aliphatic carboxylic acids is 1. The molecule has 3 heteroatoms. The quantitative estimate of drug-likeness (QED) is 0.492. The number of aromatic nitrogens is 1. The van der Waals surface area contributed by atoms with Gasteiger partial charge in [-0.15, -0.1) is 0 Å². The fourth-order valence-corrected chi connectivity index (χ4v) is 1.96. The molecule has 2 rings (SSSR count). The number of benzene rings is 1. The van der Waals surface area contributed by atoms with Crippen molar-refractivity contribution in [3.05, 3.63) is 66.4 Å². The van der Waals surface area contributed by atoms with Gasteiger partial charge in [-0.1, -0.05) is 42.5 Å². The van der Waals surface area contributed by atoms with Gasteiger partial charge >= 0.3 is 5.97 Å². The molecular formula is C17H17NO2. The second-order valence-electron chi connectivity index (χ2n) is 4.51. The van der Waals surface area contributed by atoms with E-state index in [4.69, 9.17) is 5.11 Å². The van der Waals surface area contributed by atoms with Crippen LogP contribution in [0.15, 0.2) is 60.7 Å². The number of carbonyl (C=O) groups is 1. The van der Waals surface area contributed by atoms with Crippen molar-refractivity contribution in [3.63, 3.8) is 0 Å². The highest BCUT2D eigenvalue weighted by atomic mass is 16.4. The number of allylic oxidation sites excluding steroid dienone is 3. The van der Waals surface area contributed by atoms with E-state index in [2.05, 4.69) is 23.2 Å². The highest BCUT2D eigenvalue weighted by Gasteiger charge is 1.97. The van der Waals surface area contributed by atoms with E-state index in [-0.39, 0.29) is 0 Å². The van der Waals surface area contributed by atoms with Gasteiger partial charge in [-0.05, 0) is 31.4 Å². The van der Waals surface area contributed by atoms with E-state index in [9.17, 15) is 4.79 Å². The summed E-state index contributed by atoms with van der Waals surface area (Å²) < 4.78 is 0. The molecule has 3 nitrogen and oxygen atoms in total. The van der Waals surface area contributed by atoms with Crippen molar-refractivity contribution in [1.82, 2.24) is 4.98 Å². The molecule has 0 spiro atoms. The van der Waals surface area contributed by atoms with Crippen LogP contribution in [0.1, 0.15) is 18.5 Å². The van der Waals surface area contributed by atoms with E-state index in [0.29, 0.717) is 0 Å². The van der Waals surface area contributed by atoms with Crippen molar-refractivity contribution in [2.75, 3.05) is 0 Å². The summed E-state index contributed by atoms with van der Waals surface area (Å²) >= 11 is 0. The van der Waals surface area contributed by atoms with Gasteiger partial charge in [0.25, 0.3) is 0 Å². The van der Waals surface area contributed by atoms with Gasteiger partial charge in [-0.2, -0.15) is 0 Å². The zero-order valence-electron chi connectivity index (χ0n) is 11.2. The molecule has 1 N–H and O–H groups in total. The highest BCUT2D eigenvalue weighted by molar-refractivity contribution is 5.80. The van der Waals surface area contributed by atoms with Crippen LogP contribution >= 0.6 is 0 Å². The predicted octanol–water partition coefficient (Wildman–Crippen LogP) is 3.75. The van der Waals surface area contributed by atoms with Crippen LogP contribution in [0.3, 0.4) is 0 Å². The molecule has 0 amide bonds. The van der Waals surface area contributed by atoms with Gasteiger partial charge in [0.2, 0.25) is 0 Å². The summed E-state index contributed by atoms with van der Waals surface area (Å²) in [5, 5.41) is 9.58. The third-order valence-electron chi connectivity index (χ3n) is 2.95. The lowest BCUT2D eigenvalue weighted by Crippen LogP contribution is -1.90. The number of fused-ring (bicyclic) bond motifs is 1. The summed E-state index contributed by atoms with van der Waals surface area (Å²) in [5.41, 5.74) is 2.13. The van der Waals surface area contributed by atoms with Crippen LogP contribution in [-0.2, 0) is 11.2 Å². The van der Waals surface area contributed by atoms with Gasteiger partial charge < -0.3 is 5.11 Å². The van der Waals surface area contributed by atoms with E-state index >= 15 is 0 Å². The molecule has 102 valence electrons. The molecule has 20 heavy (non-hydrogen) atoms. The number of carboxylic acids is 1. The Bertz CT molecular complexity index is 644. The monoisotopic (exact) mass is 267 g/mol. The molecule has 2 aromatic rings. The molecule has 1 heterocycles. The van der Waals surface area contributed by atoms with E-state index in [1.807, 2.05) is 24.3 Å². The Morgan fingerprint density at radius 1 is 1.15 bits per heavy atom. The van der Waals surface area contributed by atoms with Gasteiger partial charge in [0.15, 0.2) is 0 Å². The Morgan fingerprint density at radius 2 is 2.00 bits per heavy atom. The number of aryl methyl sites for hydroxylation is 1. The number of pyridine rings is 1. The van der Waals surface area contributed by atoms with Gasteiger partial charge in [-0.25, -0.2) is 4.79 Å². The highest BCUT2D eigenvalue weighted by Crippen LogP contribution is 2.13. The summed E-state index contributed by atoms with van der Waals surface area (Å²) in [4.78, 5) is 14.9. The Hall–Kier alpha value is -2.42. The minimum atomic E-state index is -0.921. The van der Waals surface area contributed by atoms with Crippen LogP contribution in [0.5, 0.6) is 0 Å². The zero-order valence-corrected chi connectivity index (χ0v) is 11.2. The van der Waals surface area contributed by atoms with Crippen molar-refractivity contribution in [2.45, 2.75) is 19.3 Å². The average molecular weight is 267 g/mol. The third-order valence-corrected chi connectivity index (χ3v) is 2.95. The smallest absolute Gasteiger partial charge is 0.328 e. The standard InChI is InChI=1S/C17H17NO2/c19-17(20)11-5-3-1-2-4-9-15-13-12-14-8-6-7-10-16(14)18-15/h1,3,5-8,10-13H,2,4,9H2,(H,19,20). The molecule has 0 aliphatic rings. The summed E-state index contributed by atoms with van der Waals surface area (Å²) in [6, 6.07) is 12.3. The Kier molecular flexibility index (Phi) is 5.07. The minimum Gasteiger partial charge on any atom is -0.478 e. The zero-order chi connectivity index (χ0) is 14.2. The molecule has 0 saturated carbocycles. The first-order valence-corrected chi connectivity index (χ1v) is 6.66. The fraction of sp³-hybridized carbons (Fsp3) is 0.176. The number of hydrogen-bond donors (Lipinski definition) is 1. The lowest BCUT2D eigenvalue weighted by Gasteiger charge is -2.01. The number of hydrogen-bond acceptors (Lipinski definition) is 2. The Labute approximate surface area is 118 Å². The van der Waals surface area contributed by atoms with Crippen LogP contribution < -0.4 is 0 Å². The molecular weight excluding hydrogens is 250 g/mol. The van der Waals surface area contributed by atoms with Gasteiger partial charge in [-0.3, -0.25) is 4.98 Å². The van der Waals surface area contributed by atoms with Crippen LogP contribution in [0.2, 0.25) is 0 Å². The van der Waals surface area contributed by atoms with Gasteiger partial charge in [0, 0.05) is 17.2 Å². The van der Waals surface area contributed by atoms with Crippen LogP contribution in [0.25, 0.3) is 10.9 Å². The maximum Gasteiger partial charge on any atom is 0.328 e. The van der Waals surface area contributed by atoms with Crippen LogP contribution in [0, 0.1) is 0 Å². The molecule has 0 saturated heterocycles. The first kappa shape index (κ1) is 14.0. The molecule has 0 radical (unpaired) electrons. The molecule has 1 aromatic heterocycles. The third kappa shape index (κ3) is 4.35. The van der Waals surface area contributed by atoms with Gasteiger partial charge in [0.1, 0.15) is 0 Å². The van der Waals surface area contributed by atoms with E-state index < -0.39 is 5.97 Å². The SMILES string of the molecule is O=C(O)C=CC=CCCCc1ccc2ccccc2n1. The minimum absolute atomic E-state index is 0.915. The second kappa shape index (κ2) is 7.24. The van der Waals surface area contributed by atoms with Crippen molar-refractivity contribution in [1.29, 1.82) is 0 Å². The lowest BCUT2D eigenvalue weighted by atomic mass is 10.1. The van der Waals surface area contributed by atoms with E-state index in [1.165, 1.54) is 6.08 Å². The topological polar surface area (TPSA) is 50.2 Å². The number of carboxylic acid groups (broad SMARTS) is 1. The number of rotatable bonds is 6. The largest absolute Gasteiger partial charge is 0.478 e. The number of nitrogens with zero attached hydrogens (tertiary/aromatic N) is 1. The van der Waals surface area contributed by atoms with Crippen molar-refractivity contribution in [3.8, 4) is 0 Å². The maximum absolute atomic E-state index is 10.3. The Balaban J connectivity index is 1.82. The number of para-hydroxylation sites is 1. The summed E-state index contributed by atoms with van der Waals surface area (Å²) in [5.74, 6) is -0.921. The normalized spacial score (nSPS) is 11.6. The molecule has 0 aliphatic heterocycles. The number of unbranched alkanes of at least 4 members (excludes halogenated alkanes) is 1. The van der Waals surface area contributed by atoms with Crippen molar-refractivity contribution < 1.29 is 9.90 Å². The predicted molar refractivity (Wildman–Crippen MR) is 80.6 cm³/mol. The Morgan fingerprint density at radius 3 is 2.85 bits per heavy atom. The molecule has 0 unspecified atom stereocenters. The molecule has 0 fully saturated rings. The summed E-state index contributed by atoms with van der Waals surface area (Å²) in [6.07, 6.45) is 9.25. The fourth-order valence-electron chi connectivity index (χ4n) is 1.96. The molecule has 0 atom stereocenters. The molecule has 1 aromatic carbocycles. The van der Waals surface area contributed by atoms with E-state index in [0.717, 1.165) is 41.9 Å². The molecule has 0 aliphatic carbocycles. The first-order chi connectivity index (χ1) is 9.75. The summed E-state index contributed by atoms with van der Waals surface area (Å²) in [7, 11) is 0. The molecule has 0 bridgehead atoms. The van der Waals surface area contributed by atoms with Crippen LogP contribution in [-0.4, -0.2) is 16.1 Å². The average Bonchev–Trinajstić information content (AvgIpc) is 2.46. The van der Waals surface area contributed by atoms with Gasteiger partial charge in [0.05, 0.1) is 5.52 Å². The van der Waals surface area contributed by atoms with Crippen molar-refractivity contribution >= 4 is 16.9 Å². The van der Waals surface area contributed by atoms with Crippen LogP contribution in [0.4, 0.5) is 0 Å². The summed E-state index contributed by atoms with van der Waals surface area (Å²) in [6.45, 7) is 0. The second-order valence-corrected chi connectivity index (χ2v) is 4.51. The first-order valence-electron chi connectivity index (χ1n) is 6.66. The maximum atomic E-state index is 10.3. The lowest BCUT2D eigenvalue weighted by molar-refractivity contribution is -0.131. The van der Waals surface area contributed by atoms with E-state index in [1.54, 1.807) is 6.08 Å².